The van der Waals surface area contributed by atoms with Crippen molar-refractivity contribution in [2.45, 2.75) is 0 Å². The smallest absolute Gasteiger partial charge is 0.275 e. The van der Waals surface area contributed by atoms with E-state index in [0.717, 1.165) is 5.56 Å². The van der Waals surface area contributed by atoms with Gasteiger partial charge >= 0.3 is 0 Å². The number of ether oxygens (including phenoxy) is 2. The quantitative estimate of drug-likeness (QED) is 0.568. The second kappa shape index (κ2) is 8.94. The first kappa shape index (κ1) is 19.3. The first-order chi connectivity index (χ1) is 13.1. The molecule has 0 aliphatic carbocycles. The Labute approximate surface area is 164 Å². The fourth-order valence-electron chi connectivity index (χ4n) is 2.23. The molecule has 140 valence electrons. The second-order valence-corrected chi connectivity index (χ2v) is 6.78. The second-order valence-electron chi connectivity index (χ2n) is 5.49. The van der Waals surface area contributed by atoms with Crippen molar-refractivity contribution < 1.29 is 18.7 Å². The van der Waals surface area contributed by atoms with Gasteiger partial charge in [0.25, 0.3) is 5.91 Å². The summed E-state index contributed by atoms with van der Waals surface area (Å²) in [7, 11) is 1.54. The molecule has 0 aliphatic rings. The lowest BCUT2D eigenvalue weighted by Gasteiger charge is -2.09. The van der Waals surface area contributed by atoms with E-state index in [2.05, 4.69) is 10.3 Å². The van der Waals surface area contributed by atoms with Gasteiger partial charge in [-0.1, -0.05) is 23.7 Å². The highest BCUT2D eigenvalue weighted by Crippen LogP contribution is 2.26. The molecule has 3 rings (SSSR count). The number of hydrogen-bond donors (Lipinski definition) is 1. The number of carbonyl (C=O) groups is 1. The molecular formula is C19H16ClFN2O3S. The predicted octanol–water partition coefficient (Wildman–Crippen LogP) is 4.88. The Morgan fingerprint density at radius 2 is 2.00 bits per heavy atom. The largest absolute Gasteiger partial charge is 0.488 e. The van der Waals surface area contributed by atoms with Crippen molar-refractivity contribution in [3.63, 3.8) is 0 Å². The van der Waals surface area contributed by atoms with Crippen LogP contribution in [0.25, 0.3) is 10.6 Å². The highest BCUT2D eigenvalue weighted by atomic mass is 35.5. The molecule has 0 bridgehead atoms. The lowest BCUT2D eigenvalue weighted by Crippen LogP contribution is -2.12. The van der Waals surface area contributed by atoms with Crippen molar-refractivity contribution in [2.75, 3.05) is 25.6 Å². The number of amides is 1. The van der Waals surface area contributed by atoms with Crippen molar-refractivity contribution >= 4 is 34.5 Å². The molecule has 1 aromatic heterocycles. The molecule has 0 radical (unpaired) electrons. The Balaban J connectivity index is 1.67. The van der Waals surface area contributed by atoms with E-state index in [1.54, 1.807) is 23.6 Å². The molecule has 8 heteroatoms. The van der Waals surface area contributed by atoms with Crippen LogP contribution in [0, 0.1) is 5.82 Å². The van der Waals surface area contributed by atoms with Crippen LogP contribution in [0.5, 0.6) is 5.75 Å². The first-order valence-corrected chi connectivity index (χ1v) is 9.26. The van der Waals surface area contributed by atoms with Gasteiger partial charge in [0.2, 0.25) is 0 Å². The molecule has 0 aliphatic heterocycles. The summed E-state index contributed by atoms with van der Waals surface area (Å²) in [5.74, 6) is -0.883. The van der Waals surface area contributed by atoms with Crippen LogP contribution in [0.4, 0.5) is 10.1 Å². The van der Waals surface area contributed by atoms with Gasteiger partial charge < -0.3 is 14.8 Å². The molecule has 0 saturated carbocycles. The lowest BCUT2D eigenvalue weighted by molar-refractivity contribution is 0.102. The number of aromatic nitrogens is 1. The zero-order chi connectivity index (χ0) is 19.2. The van der Waals surface area contributed by atoms with Gasteiger partial charge in [0.05, 0.1) is 6.61 Å². The van der Waals surface area contributed by atoms with Gasteiger partial charge in [-0.2, -0.15) is 0 Å². The Morgan fingerprint density at radius 1 is 1.22 bits per heavy atom. The number of benzene rings is 2. The van der Waals surface area contributed by atoms with Crippen LogP contribution in [0.2, 0.25) is 5.02 Å². The maximum atomic E-state index is 14.0. The lowest BCUT2D eigenvalue weighted by atomic mass is 10.2. The van der Waals surface area contributed by atoms with Crippen molar-refractivity contribution in [3.8, 4) is 16.3 Å². The summed E-state index contributed by atoms with van der Waals surface area (Å²) in [5.41, 5.74) is 1.44. The molecule has 2 aromatic carbocycles. The Kier molecular flexibility index (Phi) is 6.39. The third-order valence-electron chi connectivity index (χ3n) is 3.56. The van der Waals surface area contributed by atoms with E-state index in [1.807, 2.05) is 12.1 Å². The Hall–Kier alpha value is -2.48. The zero-order valence-corrected chi connectivity index (χ0v) is 15.9. The van der Waals surface area contributed by atoms with Crippen LogP contribution < -0.4 is 10.1 Å². The van der Waals surface area contributed by atoms with E-state index >= 15 is 0 Å². The third-order valence-corrected chi connectivity index (χ3v) is 4.71. The van der Waals surface area contributed by atoms with E-state index in [-0.39, 0.29) is 18.1 Å². The fraction of sp³-hybridized carbons (Fsp3) is 0.158. The molecule has 27 heavy (non-hydrogen) atoms. The summed E-state index contributed by atoms with van der Waals surface area (Å²) in [5, 5.41) is 5.61. The molecular weight excluding hydrogens is 391 g/mol. The number of hydrogen-bond acceptors (Lipinski definition) is 5. The molecule has 5 nitrogen and oxygen atoms in total. The first-order valence-electron chi connectivity index (χ1n) is 8.01. The van der Waals surface area contributed by atoms with Gasteiger partial charge in [-0.15, -0.1) is 11.3 Å². The van der Waals surface area contributed by atoms with Crippen LogP contribution in [-0.4, -0.2) is 31.2 Å². The molecule has 1 heterocycles. The predicted molar refractivity (Wildman–Crippen MR) is 104 cm³/mol. The molecule has 0 unspecified atom stereocenters. The minimum atomic E-state index is -0.566. The maximum absolute atomic E-state index is 14.0. The summed E-state index contributed by atoms with van der Waals surface area (Å²) in [6.07, 6.45) is 0. The number of nitrogens with one attached hydrogen (secondary N) is 1. The number of halogens is 2. The van der Waals surface area contributed by atoms with Gasteiger partial charge in [-0.25, -0.2) is 9.37 Å². The molecule has 1 N–H and O–H groups in total. The number of carbonyl (C=O) groups excluding carboxylic acids is 1. The van der Waals surface area contributed by atoms with E-state index < -0.39 is 11.7 Å². The summed E-state index contributed by atoms with van der Waals surface area (Å²) in [4.78, 5) is 16.7. The van der Waals surface area contributed by atoms with Crippen LogP contribution in [0.15, 0.2) is 47.8 Å². The molecule has 0 spiro atoms. The monoisotopic (exact) mass is 406 g/mol. The standard InChI is InChI=1S/C19H16ClFN2O3S/c1-25-8-9-26-17-7-6-14(10-15(17)21)22-18(24)16-11-27-19(23-16)12-2-4-13(20)5-3-12/h2-7,10-11H,8-9H2,1H3,(H,22,24). The molecule has 1 amide bonds. The highest BCUT2D eigenvalue weighted by molar-refractivity contribution is 7.13. The Morgan fingerprint density at radius 3 is 2.70 bits per heavy atom. The van der Waals surface area contributed by atoms with Crippen LogP contribution in [-0.2, 0) is 4.74 Å². The van der Waals surface area contributed by atoms with Crippen molar-refractivity contribution in [2.24, 2.45) is 0 Å². The summed E-state index contributed by atoms with van der Waals surface area (Å²) >= 11 is 7.22. The third kappa shape index (κ3) is 5.03. The topological polar surface area (TPSA) is 60.5 Å². The number of nitrogens with zero attached hydrogens (tertiary/aromatic N) is 1. The molecule has 3 aromatic rings. The maximum Gasteiger partial charge on any atom is 0.275 e. The van der Waals surface area contributed by atoms with Crippen molar-refractivity contribution in [3.05, 3.63) is 64.4 Å². The van der Waals surface area contributed by atoms with Gasteiger partial charge in [0.15, 0.2) is 11.6 Å². The van der Waals surface area contributed by atoms with Gasteiger partial charge in [0, 0.05) is 34.8 Å². The molecule has 0 atom stereocenters. The van der Waals surface area contributed by atoms with Crippen LogP contribution in [0.1, 0.15) is 10.5 Å². The van der Waals surface area contributed by atoms with Crippen LogP contribution >= 0.6 is 22.9 Å². The highest BCUT2D eigenvalue weighted by Gasteiger charge is 2.13. The number of thiazole rings is 1. The van der Waals surface area contributed by atoms with Gasteiger partial charge in [-0.05, 0) is 24.3 Å². The van der Waals surface area contributed by atoms with Gasteiger partial charge in [0.1, 0.15) is 17.3 Å². The van der Waals surface area contributed by atoms with Gasteiger partial charge in [-0.3, -0.25) is 4.79 Å². The number of rotatable bonds is 7. The average molecular weight is 407 g/mol. The van der Waals surface area contributed by atoms with E-state index in [1.165, 1.54) is 30.6 Å². The summed E-state index contributed by atoms with van der Waals surface area (Å²) < 4.78 is 24.1. The summed E-state index contributed by atoms with van der Waals surface area (Å²) in [6.45, 7) is 0.600. The Bertz CT molecular complexity index is 931. The van der Waals surface area contributed by atoms with E-state index in [4.69, 9.17) is 21.1 Å². The summed E-state index contributed by atoms with van der Waals surface area (Å²) in [6, 6.07) is 11.4. The average Bonchev–Trinajstić information content (AvgIpc) is 3.14. The SMILES string of the molecule is COCCOc1ccc(NC(=O)c2csc(-c3ccc(Cl)cc3)n2)cc1F. The fourth-order valence-corrected chi connectivity index (χ4v) is 3.16. The van der Waals surface area contributed by atoms with E-state index in [9.17, 15) is 9.18 Å². The minimum absolute atomic E-state index is 0.101. The number of methoxy groups -OCH3 is 1. The zero-order valence-electron chi connectivity index (χ0n) is 14.4. The van der Waals surface area contributed by atoms with Crippen LogP contribution in [0.3, 0.4) is 0 Å². The minimum Gasteiger partial charge on any atom is -0.488 e. The number of anilines is 1. The van der Waals surface area contributed by atoms with Crippen molar-refractivity contribution in [1.29, 1.82) is 0 Å². The van der Waals surface area contributed by atoms with E-state index in [0.29, 0.717) is 22.3 Å². The molecule has 0 saturated heterocycles. The molecule has 0 fully saturated rings. The normalized spacial score (nSPS) is 10.6. The van der Waals surface area contributed by atoms with Crippen molar-refractivity contribution in [1.82, 2.24) is 4.98 Å².